The standard InChI is InChI=1S/C19H20FNO3/c1-21(19(22)16-8-7-14(23-2)11-17(16)20)12-18-15-6-4-3-5-13(15)9-10-24-18/h3-8,11,18H,9-10,12H2,1-2H3/t18-/m1/s1. The average Bonchev–Trinajstić information content (AvgIpc) is 2.61. The topological polar surface area (TPSA) is 38.8 Å². The molecular weight excluding hydrogens is 309 g/mol. The zero-order valence-electron chi connectivity index (χ0n) is 13.8. The molecule has 0 N–H and O–H groups in total. The van der Waals surface area contributed by atoms with Gasteiger partial charge < -0.3 is 14.4 Å². The van der Waals surface area contributed by atoms with Gasteiger partial charge in [-0.05, 0) is 29.7 Å². The molecule has 5 heteroatoms. The van der Waals surface area contributed by atoms with Crippen LogP contribution in [0.3, 0.4) is 0 Å². The molecule has 0 spiro atoms. The van der Waals surface area contributed by atoms with Gasteiger partial charge in [0.1, 0.15) is 17.7 Å². The van der Waals surface area contributed by atoms with Crippen molar-refractivity contribution in [1.82, 2.24) is 4.90 Å². The molecule has 1 heterocycles. The Kier molecular flexibility index (Phi) is 4.81. The number of fused-ring (bicyclic) bond motifs is 1. The van der Waals surface area contributed by atoms with Crippen molar-refractivity contribution in [1.29, 1.82) is 0 Å². The summed E-state index contributed by atoms with van der Waals surface area (Å²) in [5.74, 6) is -0.575. The number of likely N-dealkylation sites (N-methyl/N-ethyl adjacent to an activating group) is 1. The first-order valence-electron chi connectivity index (χ1n) is 7.88. The van der Waals surface area contributed by atoms with Gasteiger partial charge in [-0.25, -0.2) is 4.39 Å². The molecule has 1 amide bonds. The minimum Gasteiger partial charge on any atom is -0.497 e. The average molecular weight is 329 g/mol. The fraction of sp³-hybridized carbons (Fsp3) is 0.316. The van der Waals surface area contributed by atoms with E-state index in [1.807, 2.05) is 18.2 Å². The molecule has 2 aromatic carbocycles. The summed E-state index contributed by atoms with van der Waals surface area (Å²) in [5, 5.41) is 0. The molecule has 126 valence electrons. The number of hydrogen-bond acceptors (Lipinski definition) is 3. The van der Waals surface area contributed by atoms with Crippen molar-refractivity contribution in [3.8, 4) is 5.75 Å². The third-order valence-electron chi connectivity index (χ3n) is 4.29. The van der Waals surface area contributed by atoms with Crippen LogP contribution in [0.5, 0.6) is 5.75 Å². The molecule has 0 bridgehead atoms. The van der Waals surface area contributed by atoms with E-state index in [0.717, 1.165) is 12.0 Å². The van der Waals surface area contributed by atoms with Crippen molar-refractivity contribution in [2.45, 2.75) is 12.5 Å². The quantitative estimate of drug-likeness (QED) is 0.864. The number of halogens is 1. The maximum absolute atomic E-state index is 14.1. The van der Waals surface area contributed by atoms with Gasteiger partial charge in [-0.1, -0.05) is 24.3 Å². The molecule has 4 nitrogen and oxygen atoms in total. The summed E-state index contributed by atoms with van der Waals surface area (Å²) in [6.45, 7) is 1.00. The SMILES string of the molecule is COc1ccc(C(=O)N(C)C[C@H]2OCCc3ccccc32)c(F)c1. The van der Waals surface area contributed by atoms with Gasteiger partial charge in [-0.3, -0.25) is 4.79 Å². The lowest BCUT2D eigenvalue weighted by Crippen LogP contribution is -2.34. The summed E-state index contributed by atoms with van der Waals surface area (Å²) in [7, 11) is 3.12. The van der Waals surface area contributed by atoms with Crippen LogP contribution < -0.4 is 4.74 Å². The number of benzene rings is 2. The van der Waals surface area contributed by atoms with E-state index in [1.54, 1.807) is 13.1 Å². The number of carbonyl (C=O) groups is 1. The van der Waals surface area contributed by atoms with Crippen LogP contribution in [-0.4, -0.2) is 38.1 Å². The normalized spacial score (nSPS) is 16.4. The Morgan fingerprint density at radius 1 is 1.33 bits per heavy atom. The van der Waals surface area contributed by atoms with Crippen LogP contribution in [0.4, 0.5) is 4.39 Å². The summed E-state index contributed by atoms with van der Waals surface area (Å²) < 4.78 is 24.9. The van der Waals surface area contributed by atoms with E-state index in [-0.39, 0.29) is 17.6 Å². The Labute approximate surface area is 140 Å². The molecule has 0 saturated carbocycles. The maximum Gasteiger partial charge on any atom is 0.256 e. The molecule has 2 aromatic rings. The minimum absolute atomic E-state index is 0.0300. The van der Waals surface area contributed by atoms with Crippen LogP contribution in [0.25, 0.3) is 0 Å². The minimum atomic E-state index is -0.587. The molecule has 0 radical (unpaired) electrons. The summed E-state index contributed by atoms with van der Waals surface area (Å²) in [6, 6.07) is 12.3. The Morgan fingerprint density at radius 3 is 2.88 bits per heavy atom. The highest BCUT2D eigenvalue weighted by Gasteiger charge is 2.25. The fourth-order valence-electron chi connectivity index (χ4n) is 2.96. The van der Waals surface area contributed by atoms with Crippen molar-refractivity contribution in [3.63, 3.8) is 0 Å². The number of carbonyl (C=O) groups excluding carboxylic acids is 1. The second-order valence-corrected chi connectivity index (χ2v) is 5.84. The van der Waals surface area contributed by atoms with E-state index in [4.69, 9.17) is 9.47 Å². The predicted molar refractivity (Wildman–Crippen MR) is 88.8 cm³/mol. The van der Waals surface area contributed by atoms with E-state index in [0.29, 0.717) is 18.9 Å². The monoisotopic (exact) mass is 329 g/mol. The van der Waals surface area contributed by atoms with Crippen LogP contribution in [0.15, 0.2) is 42.5 Å². The zero-order valence-corrected chi connectivity index (χ0v) is 13.8. The molecule has 3 rings (SSSR count). The molecule has 0 aliphatic carbocycles. The lowest BCUT2D eigenvalue weighted by atomic mass is 9.97. The van der Waals surface area contributed by atoms with Crippen LogP contribution in [0, 0.1) is 5.82 Å². The molecule has 0 aromatic heterocycles. The first kappa shape index (κ1) is 16.5. The highest BCUT2D eigenvalue weighted by Crippen LogP contribution is 2.28. The molecule has 1 atom stereocenters. The van der Waals surface area contributed by atoms with Gasteiger partial charge >= 0.3 is 0 Å². The Bertz CT molecular complexity index is 747. The van der Waals surface area contributed by atoms with Crippen LogP contribution in [0.2, 0.25) is 0 Å². The van der Waals surface area contributed by atoms with Gasteiger partial charge in [0, 0.05) is 13.1 Å². The van der Waals surface area contributed by atoms with E-state index in [2.05, 4.69) is 6.07 Å². The van der Waals surface area contributed by atoms with E-state index in [9.17, 15) is 9.18 Å². The number of nitrogens with zero attached hydrogens (tertiary/aromatic N) is 1. The number of methoxy groups -OCH3 is 1. The zero-order chi connectivity index (χ0) is 17.1. The Hall–Kier alpha value is -2.40. The fourth-order valence-corrected chi connectivity index (χ4v) is 2.96. The van der Waals surface area contributed by atoms with Crippen molar-refractivity contribution < 1.29 is 18.7 Å². The van der Waals surface area contributed by atoms with Gasteiger partial charge in [0.2, 0.25) is 0 Å². The number of amides is 1. The van der Waals surface area contributed by atoms with E-state index in [1.165, 1.54) is 29.7 Å². The lowest BCUT2D eigenvalue weighted by Gasteiger charge is -2.29. The number of ether oxygens (including phenoxy) is 2. The Morgan fingerprint density at radius 2 is 2.12 bits per heavy atom. The van der Waals surface area contributed by atoms with E-state index < -0.39 is 5.82 Å². The van der Waals surface area contributed by atoms with Gasteiger partial charge in [-0.15, -0.1) is 0 Å². The predicted octanol–water partition coefficient (Wildman–Crippen LogP) is 3.22. The van der Waals surface area contributed by atoms with E-state index >= 15 is 0 Å². The molecule has 1 aliphatic heterocycles. The second kappa shape index (κ2) is 7.01. The summed E-state index contributed by atoms with van der Waals surface area (Å²) in [5.41, 5.74) is 2.37. The van der Waals surface area contributed by atoms with Gasteiger partial charge in [0.15, 0.2) is 0 Å². The third kappa shape index (κ3) is 3.26. The summed E-state index contributed by atoms with van der Waals surface area (Å²) in [4.78, 5) is 14.0. The lowest BCUT2D eigenvalue weighted by molar-refractivity contribution is 0.0199. The van der Waals surface area contributed by atoms with Crippen molar-refractivity contribution in [2.24, 2.45) is 0 Å². The van der Waals surface area contributed by atoms with Crippen molar-refractivity contribution in [3.05, 3.63) is 65.0 Å². The highest BCUT2D eigenvalue weighted by atomic mass is 19.1. The molecule has 1 aliphatic rings. The highest BCUT2D eigenvalue weighted by molar-refractivity contribution is 5.94. The van der Waals surface area contributed by atoms with Crippen molar-refractivity contribution >= 4 is 5.91 Å². The van der Waals surface area contributed by atoms with Crippen LogP contribution in [-0.2, 0) is 11.2 Å². The molecular formula is C19H20FNO3. The first-order chi connectivity index (χ1) is 11.6. The largest absolute Gasteiger partial charge is 0.497 e. The summed E-state index contributed by atoms with van der Waals surface area (Å²) in [6.07, 6.45) is 0.683. The smallest absolute Gasteiger partial charge is 0.256 e. The molecule has 24 heavy (non-hydrogen) atoms. The number of hydrogen-bond donors (Lipinski definition) is 0. The molecule has 0 fully saturated rings. The molecule has 0 unspecified atom stereocenters. The van der Waals surface area contributed by atoms with Crippen LogP contribution >= 0.6 is 0 Å². The Balaban J connectivity index is 1.76. The van der Waals surface area contributed by atoms with Gasteiger partial charge in [-0.2, -0.15) is 0 Å². The number of rotatable bonds is 4. The van der Waals surface area contributed by atoms with Crippen molar-refractivity contribution in [2.75, 3.05) is 27.3 Å². The third-order valence-corrected chi connectivity index (χ3v) is 4.29. The molecule has 0 saturated heterocycles. The second-order valence-electron chi connectivity index (χ2n) is 5.84. The van der Waals surface area contributed by atoms with Gasteiger partial charge in [0.25, 0.3) is 5.91 Å². The summed E-state index contributed by atoms with van der Waals surface area (Å²) >= 11 is 0. The van der Waals surface area contributed by atoms with Gasteiger partial charge in [0.05, 0.1) is 25.8 Å². The maximum atomic E-state index is 14.1. The van der Waals surface area contributed by atoms with Crippen LogP contribution in [0.1, 0.15) is 27.6 Å². The first-order valence-corrected chi connectivity index (χ1v) is 7.88.